The van der Waals surface area contributed by atoms with Crippen molar-refractivity contribution < 1.29 is 40.6 Å². The second kappa shape index (κ2) is 11.3. The van der Waals surface area contributed by atoms with E-state index in [4.69, 9.17) is 4.74 Å². The molecule has 1 unspecified atom stereocenters. The number of carbonyl (C=O) groups excluding carboxylic acids is 1. The number of nitrogens with zero attached hydrogens (tertiary/aromatic N) is 1. The number of ether oxygens (including phenoxy) is 2. The van der Waals surface area contributed by atoms with Crippen molar-refractivity contribution in [2.45, 2.75) is 51.2 Å². The van der Waals surface area contributed by atoms with Crippen LogP contribution in [0.25, 0.3) is 5.57 Å². The van der Waals surface area contributed by atoms with Crippen molar-refractivity contribution >= 4 is 17.2 Å². The lowest BCUT2D eigenvalue weighted by Crippen LogP contribution is -2.50. The van der Waals surface area contributed by atoms with E-state index in [1.807, 2.05) is 38.1 Å². The van der Waals surface area contributed by atoms with Gasteiger partial charge in [-0.25, -0.2) is 0 Å². The maximum atomic E-state index is 13.6. The highest BCUT2D eigenvalue weighted by Crippen LogP contribution is 2.44. The Morgan fingerprint density at radius 1 is 0.850 bits per heavy atom. The van der Waals surface area contributed by atoms with Crippen LogP contribution in [0.1, 0.15) is 42.9 Å². The van der Waals surface area contributed by atoms with E-state index in [1.165, 1.54) is 23.1 Å². The van der Waals surface area contributed by atoms with Gasteiger partial charge in [-0.3, -0.25) is 9.69 Å². The minimum Gasteiger partial charge on any atom is -0.494 e. The maximum absolute atomic E-state index is 13.6. The number of halogens is 6. The zero-order valence-electron chi connectivity index (χ0n) is 21.8. The number of hydrogen-bond donors (Lipinski definition) is 0. The number of aryl methyl sites for hydroxylation is 1. The van der Waals surface area contributed by atoms with E-state index in [0.29, 0.717) is 23.4 Å². The minimum absolute atomic E-state index is 0.104. The van der Waals surface area contributed by atoms with Gasteiger partial charge in [0.1, 0.15) is 11.5 Å². The van der Waals surface area contributed by atoms with Gasteiger partial charge in [0.05, 0.1) is 12.1 Å². The van der Waals surface area contributed by atoms with E-state index in [0.717, 1.165) is 28.8 Å². The molecule has 1 amide bonds. The summed E-state index contributed by atoms with van der Waals surface area (Å²) in [5, 5.41) is 0. The van der Waals surface area contributed by atoms with Crippen molar-refractivity contribution in [2.75, 3.05) is 11.5 Å². The van der Waals surface area contributed by atoms with Gasteiger partial charge >= 0.3 is 12.5 Å². The fourth-order valence-corrected chi connectivity index (χ4v) is 4.72. The van der Waals surface area contributed by atoms with Gasteiger partial charge in [-0.1, -0.05) is 42.0 Å². The van der Waals surface area contributed by atoms with Gasteiger partial charge in [0.2, 0.25) is 0 Å². The quantitative estimate of drug-likeness (QED) is 0.204. The van der Waals surface area contributed by atoms with Gasteiger partial charge in [-0.15, -0.1) is 13.2 Å². The van der Waals surface area contributed by atoms with Crippen LogP contribution in [0, 0.1) is 6.92 Å². The highest BCUT2D eigenvalue weighted by molar-refractivity contribution is 6.09. The van der Waals surface area contributed by atoms with Crippen LogP contribution in [0.4, 0.5) is 32.0 Å². The van der Waals surface area contributed by atoms with Gasteiger partial charge in [0.25, 0.3) is 5.91 Å². The van der Waals surface area contributed by atoms with E-state index in [1.54, 1.807) is 24.3 Å². The van der Waals surface area contributed by atoms with E-state index >= 15 is 0 Å². The number of anilines is 1. The Hall–Kier alpha value is -3.95. The first kappa shape index (κ1) is 29.0. The van der Waals surface area contributed by atoms with Crippen LogP contribution >= 0.6 is 0 Å². The molecule has 0 spiro atoms. The maximum Gasteiger partial charge on any atom is 0.573 e. The lowest BCUT2D eigenvalue weighted by Gasteiger charge is -2.45. The van der Waals surface area contributed by atoms with Crippen molar-refractivity contribution in [1.29, 1.82) is 0 Å². The summed E-state index contributed by atoms with van der Waals surface area (Å²) in [6, 6.07) is 19.5. The summed E-state index contributed by atoms with van der Waals surface area (Å²) in [5.41, 5.74) is 2.82. The minimum atomic E-state index is -4.85. The summed E-state index contributed by atoms with van der Waals surface area (Å²) in [6.07, 6.45) is -8.32. The standard InChI is InChI=1S/C30H27F6NO3/c1-20-4-6-21(7-5-20)22-18-27(38)37(24-10-14-26(15-11-24)40-30(34,35)36)28(2,19-22)23-8-12-25(13-9-23)39-17-3-16-29(31,32)33/h4-15,18H,3,16-17,19H2,1-2H3. The summed E-state index contributed by atoms with van der Waals surface area (Å²) in [4.78, 5) is 15.1. The lowest BCUT2D eigenvalue weighted by molar-refractivity contribution is -0.274. The second-order valence-corrected chi connectivity index (χ2v) is 9.79. The molecule has 4 rings (SSSR count). The van der Waals surface area contributed by atoms with E-state index in [2.05, 4.69) is 4.74 Å². The molecule has 1 aliphatic heterocycles. The Morgan fingerprint density at radius 2 is 1.45 bits per heavy atom. The Morgan fingerprint density at radius 3 is 2.02 bits per heavy atom. The fourth-order valence-electron chi connectivity index (χ4n) is 4.72. The van der Waals surface area contributed by atoms with E-state index in [-0.39, 0.29) is 18.9 Å². The van der Waals surface area contributed by atoms with Crippen molar-refractivity contribution in [3.05, 3.63) is 95.6 Å². The van der Waals surface area contributed by atoms with E-state index in [9.17, 15) is 31.1 Å². The summed E-state index contributed by atoms with van der Waals surface area (Å²) < 4.78 is 84.6. The molecular weight excluding hydrogens is 536 g/mol. The Kier molecular flexibility index (Phi) is 8.18. The smallest absolute Gasteiger partial charge is 0.494 e. The molecule has 3 aromatic carbocycles. The van der Waals surface area contributed by atoms with Crippen LogP contribution in [0.5, 0.6) is 11.5 Å². The zero-order valence-corrected chi connectivity index (χ0v) is 21.8. The third-order valence-electron chi connectivity index (χ3n) is 6.65. The molecule has 1 heterocycles. The molecule has 0 radical (unpaired) electrons. The zero-order chi connectivity index (χ0) is 29.1. The van der Waals surface area contributed by atoms with Crippen molar-refractivity contribution in [3.8, 4) is 11.5 Å². The predicted octanol–water partition coefficient (Wildman–Crippen LogP) is 8.35. The second-order valence-electron chi connectivity index (χ2n) is 9.79. The summed E-state index contributed by atoms with van der Waals surface area (Å²) >= 11 is 0. The summed E-state index contributed by atoms with van der Waals surface area (Å²) in [7, 11) is 0. The topological polar surface area (TPSA) is 38.8 Å². The summed E-state index contributed by atoms with van der Waals surface area (Å²) in [6.45, 7) is 3.70. The SMILES string of the molecule is Cc1ccc(C2=CC(=O)N(c3ccc(OC(F)(F)F)cc3)C(C)(c3ccc(OCCCC(F)(F)F)cc3)C2)cc1. The first-order valence-corrected chi connectivity index (χ1v) is 12.5. The van der Waals surface area contributed by atoms with Crippen LogP contribution in [0.15, 0.2) is 78.9 Å². The van der Waals surface area contributed by atoms with Gasteiger partial charge in [0.15, 0.2) is 0 Å². The highest BCUT2D eigenvalue weighted by atomic mass is 19.4. The number of benzene rings is 3. The molecule has 0 saturated heterocycles. The molecule has 3 aromatic rings. The first-order valence-electron chi connectivity index (χ1n) is 12.5. The van der Waals surface area contributed by atoms with Crippen LogP contribution < -0.4 is 14.4 Å². The third kappa shape index (κ3) is 7.16. The molecule has 0 saturated carbocycles. The molecule has 0 bridgehead atoms. The normalized spacial score (nSPS) is 17.9. The first-order chi connectivity index (χ1) is 18.7. The monoisotopic (exact) mass is 563 g/mol. The van der Waals surface area contributed by atoms with Crippen LogP contribution in [-0.2, 0) is 10.3 Å². The van der Waals surface area contributed by atoms with E-state index < -0.39 is 30.2 Å². The number of alkyl halides is 6. The van der Waals surface area contributed by atoms with Crippen LogP contribution in [-0.4, -0.2) is 25.1 Å². The molecule has 0 fully saturated rings. The Bertz CT molecular complexity index is 1350. The molecule has 40 heavy (non-hydrogen) atoms. The third-order valence-corrected chi connectivity index (χ3v) is 6.65. The van der Waals surface area contributed by atoms with Gasteiger partial charge in [0, 0.05) is 24.6 Å². The number of hydrogen-bond acceptors (Lipinski definition) is 3. The Balaban J connectivity index is 1.65. The molecular formula is C30H27F6NO3. The van der Waals surface area contributed by atoms with Crippen molar-refractivity contribution in [1.82, 2.24) is 0 Å². The van der Waals surface area contributed by atoms with Crippen LogP contribution in [0.3, 0.4) is 0 Å². The average molecular weight is 564 g/mol. The molecule has 212 valence electrons. The lowest BCUT2D eigenvalue weighted by atomic mass is 9.78. The molecule has 0 aromatic heterocycles. The van der Waals surface area contributed by atoms with Crippen LogP contribution in [0.2, 0.25) is 0 Å². The molecule has 0 N–H and O–H groups in total. The largest absolute Gasteiger partial charge is 0.573 e. The number of carbonyl (C=O) groups is 1. The molecule has 10 heteroatoms. The molecule has 1 atom stereocenters. The summed E-state index contributed by atoms with van der Waals surface area (Å²) in [5.74, 6) is -0.391. The Labute approximate surface area is 227 Å². The van der Waals surface area contributed by atoms with Crippen molar-refractivity contribution in [3.63, 3.8) is 0 Å². The van der Waals surface area contributed by atoms with Gasteiger partial charge in [-0.2, -0.15) is 13.2 Å². The fraction of sp³-hybridized carbons (Fsp3) is 0.300. The van der Waals surface area contributed by atoms with Gasteiger partial charge < -0.3 is 9.47 Å². The number of amides is 1. The molecule has 4 nitrogen and oxygen atoms in total. The van der Waals surface area contributed by atoms with Crippen molar-refractivity contribution in [2.24, 2.45) is 0 Å². The molecule has 1 aliphatic rings. The predicted molar refractivity (Wildman–Crippen MR) is 139 cm³/mol. The van der Waals surface area contributed by atoms with Gasteiger partial charge in [-0.05, 0) is 73.4 Å². The number of rotatable bonds is 8. The average Bonchev–Trinajstić information content (AvgIpc) is 2.86. The highest BCUT2D eigenvalue weighted by Gasteiger charge is 2.42. The molecule has 0 aliphatic carbocycles.